The van der Waals surface area contributed by atoms with Crippen LogP contribution in [0.5, 0.6) is 0 Å². The first-order valence-electron chi connectivity index (χ1n) is 10.2. The second-order valence-corrected chi connectivity index (χ2v) is 8.24. The Balaban J connectivity index is 1.28. The molecule has 3 fully saturated rings. The zero-order valence-electron chi connectivity index (χ0n) is 15.9. The number of benzene rings is 2. The van der Waals surface area contributed by atoms with Gasteiger partial charge in [-0.2, -0.15) is 0 Å². The number of piperidine rings is 3. The maximum atomic E-state index is 13.2. The number of rotatable bonds is 3. The van der Waals surface area contributed by atoms with Crippen molar-refractivity contribution in [3.63, 3.8) is 0 Å². The molecule has 3 heterocycles. The number of alkyl carbamates (subject to hydrolysis) is 1. The van der Waals surface area contributed by atoms with Gasteiger partial charge in [-0.1, -0.05) is 24.3 Å². The van der Waals surface area contributed by atoms with Gasteiger partial charge in [-0.15, -0.1) is 0 Å². The number of carbonyl (C=O) groups is 1. The summed E-state index contributed by atoms with van der Waals surface area (Å²) in [6.07, 6.45) is 3.82. The highest BCUT2D eigenvalue weighted by molar-refractivity contribution is 5.70. The summed E-state index contributed by atoms with van der Waals surface area (Å²) in [4.78, 5) is 14.9. The lowest BCUT2D eigenvalue weighted by atomic mass is 9.86. The van der Waals surface area contributed by atoms with E-state index in [2.05, 4.69) is 28.4 Å². The van der Waals surface area contributed by atoms with Crippen molar-refractivity contribution in [2.45, 2.75) is 37.8 Å². The van der Waals surface area contributed by atoms with Gasteiger partial charge in [0.2, 0.25) is 0 Å². The van der Waals surface area contributed by atoms with Crippen LogP contribution in [0.4, 0.5) is 9.18 Å². The summed E-state index contributed by atoms with van der Waals surface area (Å²) in [6, 6.07) is 12.8. The third kappa shape index (κ3) is 3.39. The van der Waals surface area contributed by atoms with Crippen molar-refractivity contribution in [3.05, 3.63) is 59.4 Å². The number of hydrogen-bond acceptors (Lipinski definition) is 3. The number of nitrogens with one attached hydrogen (secondary N) is 1. The molecule has 1 N–H and O–H groups in total. The lowest BCUT2D eigenvalue weighted by molar-refractivity contribution is -0.0339. The summed E-state index contributed by atoms with van der Waals surface area (Å²) in [6.45, 7) is 3.14. The van der Waals surface area contributed by atoms with E-state index in [1.165, 1.54) is 17.7 Å². The number of carbonyl (C=O) groups excluding carboxylic acids is 1. The summed E-state index contributed by atoms with van der Waals surface area (Å²) in [7, 11) is 0. The fourth-order valence-corrected chi connectivity index (χ4v) is 4.93. The molecule has 0 saturated carbocycles. The minimum absolute atomic E-state index is 0.0222. The second kappa shape index (κ2) is 7.21. The molecular formula is C23H25FN2O2. The maximum Gasteiger partial charge on any atom is 0.407 e. The summed E-state index contributed by atoms with van der Waals surface area (Å²) in [5.41, 5.74) is 4.43. The molecule has 146 valence electrons. The van der Waals surface area contributed by atoms with Gasteiger partial charge in [0.1, 0.15) is 11.9 Å². The van der Waals surface area contributed by atoms with Gasteiger partial charge >= 0.3 is 6.09 Å². The van der Waals surface area contributed by atoms with Crippen LogP contribution in [-0.4, -0.2) is 36.7 Å². The van der Waals surface area contributed by atoms with E-state index >= 15 is 0 Å². The van der Waals surface area contributed by atoms with E-state index in [1.807, 2.05) is 0 Å². The number of nitrogens with zero attached hydrogens (tertiary/aromatic N) is 1. The number of amides is 1. The number of halogens is 1. The average molecular weight is 380 g/mol. The number of hydrogen-bond donors (Lipinski definition) is 1. The summed E-state index contributed by atoms with van der Waals surface area (Å²) >= 11 is 0. The van der Waals surface area contributed by atoms with E-state index in [4.69, 9.17) is 4.74 Å². The highest BCUT2D eigenvalue weighted by Gasteiger charge is 2.37. The predicted molar refractivity (Wildman–Crippen MR) is 105 cm³/mol. The maximum absolute atomic E-state index is 13.2. The fraction of sp³-hybridized carbons (Fsp3) is 0.435. The van der Waals surface area contributed by atoms with E-state index in [9.17, 15) is 9.18 Å². The molecule has 1 unspecified atom stereocenters. The van der Waals surface area contributed by atoms with Crippen LogP contribution in [0.1, 0.15) is 36.4 Å². The molecule has 3 aliphatic heterocycles. The van der Waals surface area contributed by atoms with Crippen LogP contribution in [0.15, 0.2) is 42.5 Å². The topological polar surface area (TPSA) is 41.6 Å². The molecule has 6 rings (SSSR count). The van der Waals surface area contributed by atoms with Crippen molar-refractivity contribution in [2.75, 3.05) is 19.6 Å². The van der Waals surface area contributed by atoms with Gasteiger partial charge in [0, 0.05) is 6.54 Å². The standard InChI is InChI=1S/C23H25FN2O2/c24-19-6-3-15(4-7-19)18-2-1-16-5-8-21(20(16)13-18)25-23(27)28-22-14-26-11-9-17(22)10-12-26/h1-4,6-7,13,17,21-22H,5,8-12,14H2,(H,25,27)/t21?,22-/m1/s1. The quantitative estimate of drug-likeness (QED) is 0.863. The fourth-order valence-electron chi connectivity index (χ4n) is 4.93. The Labute approximate surface area is 164 Å². The van der Waals surface area contributed by atoms with Crippen molar-refractivity contribution in [2.24, 2.45) is 5.92 Å². The molecule has 4 aliphatic rings. The third-order valence-electron chi connectivity index (χ3n) is 6.55. The van der Waals surface area contributed by atoms with Crippen molar-refractivity contribution in [1.29, 1.82) is 0 Å². The first-order valence-corrected chi connectivity index (χ1v) is 10.2. The van der Waals surface area contributed by atoms with E-state index in [-0.39, 0.29) is 24.1 Å². The van der Waals surface area contributed by atoms with Gasteiger partial charge in [0.05, 0.1) is 6.04 Å². The molecule has 3 saturated heterocycles. The van der Waals surface area contributed by atoms with Gasteiger partial charge in [-0.3, -0.25) is 4.90 Å². The molecule has 2 aromatic rings. The van der Waals surface area contributed by atoms with Crippen LogP contribution in [0, 0.1) is 11.7 Å². The van der Waals surface area contributed by atoms with Gasteiger partial charge in [0.15, 0.2) is 0 Å². The molecule has 28 heavy (non-hydrogen) atoms. The van der Waals surface area contributed by atoms with E-state index in [0.717, 1.165) is 62.0 Å². The Morgan fingerprint density at radius 2 is 1.79 bits per heavy atom. The van der Waals surface area contributed by atoms with Gasteiger partial charge < -0.3 is 10.1 Å². The summed E-state index contributed by atoms with van der Waals surface area (Å²) in [5, 5.41) is 3.09. The van der Waals surface area contributed by atoms with E-state index in [0.29, 0.717) is 5.92 Å². The normalized spacial score (nSPS) is 28.0. The molecule has 1 amide bonds. The van der Waals surface area contributed by atoms with Crippen LogP contribution in [0.25, 0.3) is 11.1 Å². The third-order valence-corrected chi connectivity index (χ3v) is 6.55. The molecular weight excluding hydrogens is 355 g/mol. The molecule has 0 spiro atoms. The molecule has 2 bridgehead atoms. The molecule has 0 radical (unpaired) electrons. The van der Waals surface area contributed by atoms with Crippen LogP contribution in [0.3, 0.4) is 0 Å². The van der Waals surface area contributed by atoms with Crippen LogP contribution >= 0.6 is 0 Å². The lowest BCUT2D eigenvalue weighted by Gasteiger charge is -2.43. The SMILES string of the molecule is O=C(NC1CCc2ccc(-c3ccc(F)cc3)cc21)O[C@@H]1CN2CCC1CC2. The van der Waals surface area contributed by atoms with Crippen LogP contribution in [0.2, 0.25) is 0 Å². The Morgan fingerprint density at radius 3 is 2.50 bits per heavy atom. The van der Waals surface area contributed by atoms with Crippen LogP contribution in [-0.2, 0) is 11.2 Å². The van der Waals surface area contributed by atoms with Gasteiger partial charge in [-0.05, 0) is 85.1 Å². The molecule has 4 nitrogen and oxygen atoms in total. The van der Waals surface area contributed by atoms with Crippen molar-refractivity contribution in [1.82, 2.24) is 10.2 Å². The van der Waals surface area contributed by atoms with Crippen molar-refractivity contribution >= 4 is 6.09 Å². The average Bonchev–Trinajstić information content (AvgIpc) is 3.11. The van der Waals surface area contributed by atoms with Crippen LogP contribution < -0.4 is 5.32 Å². The first-order chi connectivity index (χ1) is 13.7. The Morgan fingerprint density at radius 1 is 1.04 bits per heavy atom. The van der Waals surface area contributed by atoms with Crippen molar-refractivity contribution in [3.8, 4) is 11.1 Å². The molecule has 5 heteroatoms. The van der Waals surface area contributed by atoms with E-state index < -0.39 is 0 Å². The zero-order valence-corrected chi connectivity index (χ0v) is 15.9. The largest absolute Gasteiger partial charge is 0.445 e. The number of fused-ring (bicyclic) bond motifs is 4. The highest BCUT2D eigenvalue weighted by atomic mass is 19.1. The van der Waals surface area contributed by atoms with Gasteiger partial charge in [-0.25, -0.2) is 9.18 Å². The minimum atomic E-state index is -0.302. The molecule has 1 aliphatic carbocycles. The monoisotopic (exact) mass is 380 g/mol. The Bertz CT molecular complexity index is 875. The summed E-state index contributed by atoms with van der Waals surface area (Å²) in [5.74, 6) is 0.275. The Kier molecular flexibility index (Phi) is 4.55. The minimum Gasteiger partial charge on any atom is -0.445 e. The van der Waals surface area contributed by atoms with Gasteiger partial charge in [0.25, 0.3) is 0 Å². The highest BCUT2D eigenvalue weighted by Crippen LogP contribution is 2.35. The van der Waals surface area contributed by atoms with Crippen molar-refractivity contribution < 1.29 is 13.9 Å². The Hall–Kier alpha value is -2.40. The smallest absolute Gasteiger partial charge is 0.407 e. The number of ether oxygens (including phenoxy) is 1. The molecule has 2 atom stereocenters. The summed E-state index contributed by atoms with van der Waals surface area (Å²) < 4.78 is 19.0. The lowest BCUT2D eigenvalue weighted by Crippen LogP contribution is -2.52. The zero-order chi connectivity index (χ0) is 19.1. The predicted octanol–water partition coefficient (Wildman–Crippen LogP) is 4.30. The first kappa shape index (κ1) is 17.7. The van der Waals surface area contributed by atoms with E-state index in [1.54, 1.807) is 12.1 Å². The molecule has 0 aromatic heterocycles. The second-order valence-electron chi connectivity index (χ2n) is 8.24. The number of aryl methyl sites for hydroxylation is 1. The molecule has 2 aromatic carbocycles.